The Balaban J connectivity index is 1.57. The van der Waals surface area contributed by atoms with Crippen molar-refractivity contribution in [3.63, 3.8) is 0 Å². The molecule has 0 aliphatic heterocycles. The van der Waals surface area contributed by atoms with E-state index in [9.17, 15) is 4.79 Å². The highest BCUT2D eigenvalue weighted by molar-refractivity contribution is 5.91. The van der Waals surface area contributed by atoms with Crippen LogP contribution in [0.1, 0.15) is 26.2 Å². The average Bonchev–Trinajstić information content (AvgIpc) is 3.06. The van der Waals surface area contributed by atoms with Gasteiger partial charge in [-0.2, -0.15) is 4.98 Å². The van der Waals surface area contributed by atoms with E-state index in [1.54, 1.807) is 25.2 Å². The molecule has 0 unspecified atom stereocenters. The van der Waals surface area contributed by atoms with Crippen LogP contribution in [-0.2, 0) is 4.79 Å². The third-order valence-corrected chi connectivity index (χ3v) is 4.76. The van der Waals surface area contributed by atoms with Gasteiger partial charge in [0, 0.05) is 31.4 Å². The molecule has 134 valence electrons. The number of benzene rings is 1. The summed E-state index contributed by atoms with van der Waals surface area (Å²) in [6.07, 6.45) is 5.35. The Kier molecular flexibility index (Phi) is 4.16. The highest BCUT2D eigenvalue weighted by atomic mass is 16.2. The van der Waals surface area contributed by atoms with Crippen LogP contribution in [0.15, 0.2) is 30.6 Å². The smallest absolute Gasteiger partial charge is 0.307 e. The van der Waals surface area contributed by atoms with Gasteiger partial charge < -0.3 is 15.5 Å². The van der Waals surface area contributed by atoms with E-state index >= 15 is 0 Å². The standard InChI is InChI=1S/C18H21N7O/c1-11(26)25(2)14-8-6-13(7-9-14)22-18-23-16-15(19-10-20-16)17(24-18)21-12-4-3-5-12/h6-10,12H,3-5H2,1-2H3,(H3,19,20,21,22,23,24)/p+1. The summed E-state index contributed by atoms with van der Waals surface area (Å²) in [6.45, 7) is 1.54. The SMILES string of the molecule is CC(=O)N(C)c1ccc(Nc2nc(NC3CCC3)c3[nH]c[nH+]c3n2)cc1. The molecule has 4 rings (SSSR count). The molecule has 8 heteroatoms. The van der Waals surface area contributed by atoms with Crippen LogP contribution in [-0.4, -0.2) is 33.9 Å². The van der Waals surface area contributed by atoms with Crippen molar-refractivity contribution in [2.45, 2.75) is 32.2 Å². The van der Waals surface area contributed by atoms with E-state index in [1.165, 1.54) is 19.3 Å². The van der Waals surface area contributed by atoms with Gasteiger partial charge in [0.15, 0.2) is 12.1 Å². The average molecular weight is 352 g/mol. The summed E-state index contributed by atoms with van der Waals surface area (Å²) in [4.78, 5) is 28.4. The maximum absolute atomic E-state index is 11.5. The highest BCUT2D eigenvalue weighted by Gasteiger charge is 2.22. The number of hydrogen-bond donors (Lipinski definition) is 3. The van der Waals surface area contributed by atoms with Gasteiger partial charge in [0.2, 0.25) is 11.4 Å². The molecule has 1 fully saturated rings. The predicted molar refractivity (Wildman–Crippen MR) is 101 cm³/mol. The molecule has 0 atom stereocenters. The molecule has 1 aliphatic carbocycles. The van der Waals surface area contributed by atoms with Crippen molar-refractivity contribution in [1.29, 1.82) is 0 Å². The molecule has 1 saturated carbocycles. The molecule has 2 heterocycles. The lowest BCUT2D eigenvalue weighted by molar-refractivity contribution is -0.347. The molecule has 26 heavy (non-hydrogen) atoms. The van der Waals surface area contributed by atoms with Gasteiger partial charge in [-0.3, -0.25) is 9.78 Å². The summed E-state index contributed by atoms with van der Waals surface area (Å²) < 4.78 is 0. The Hall–Kier alpha value is -3.16. The van der Waals surface area contributed by atoms with Crippen LogP contribution in [0.3, 0.4) is 0 Å². The van der Waals surface area contributed by atoms with Crippen molar-refractivity contribution in [3.05, 3.63) is 30.6 Å². The molecule has 0 spiro atoms. The first-order valence-corrected chi connectivity index (χ1v) is 8.75. The van der Waals surface area contributed by atoms with Crippen molar-refractivity contribution in [2.24, 2.45) is 0 Å². The lowest BCUT2D eigenvalue weighted by atomic mass is 9.93. The molecule has 8 nitrogen and oxygen atoms in total. The molecule has 4 N–H and O–H groups in total. The fourth-order valence-electron chi connectivity index (χ4n) is 2.86. The maximum Gasteiger partial charge on any atom is 0.307 e. The van der Waals surface area contributed by atoms with Gasteiger partial charge in [-0.25, -0.2) is 4.98 Å². The number of anilines is 4. The van der Waals surface area contributed by atoms with Crippen molar-refractivity contribution >= 4 is 40.2 Å². The summed E-state index contributed by atoms with van der Waals surface area (Å²) in [5.41, 5.74) is 3.32. The summed E-state index contributed by atoms with van der Waals surface area (Å²) in [7, 11) is 1.75. The number of aromatic nitrogens is 4. The van der Waals surface area contributed by atoms with Gasteiger partial charge >= 0.3 is 11.6 Å². The lowest BCUT2D eigenvalue weighted by Crippen LogP contribution is -2.27. The van der Waals surface area contributed by atoms with Crippen LogP contribution in [0, 0.1) is 0 Å². The maximum atomic E-state index is 11.5. The number of aromatic amines is 2. The zero-order chi connectivity index (χ0) is 18.1. The van der Waals surface area contributed by atoms with Crippen LogP contribution in [0.25, 0.3) is 11.2 Å². The summed E-state index contributed by atoms with van der Waals surface area (Å²) in [5, 5.41) is 6.71. The highest BCUT2D eigenvalue weighted by Crippen LogP contribution is 2.26. The second-order valence-corrected chi connectivity index (χ2v) is 6.57. The molecule has 0 radical (unpaired) electrons. The third kappa shape index (κ3) is 3.17. The van der Waals surface area contributed by atoms with E-state index in [2.05, 4.69) is 30.6 Å². The Morgan fingerprint density at radius 3 is 2.69 bits per heavy atom. The molecule has 1 amide bonds. The monoisotopic (exact) mass is 352 g/mol. The van der Waals surface area contributed by atoms with Gasteiger partial charge in [-0.15, -0.1) is 0 Å². The fourth-order valence-corrected chi connectivity index (χ4v) is 2.86. The zero-order valence-corrected chi connectivity index (χ0v) is 14.8. The molecule has 0 saturated heterocycles. The van der Waals surface area contributed by atoms with E-state index in [-0.39, 0.29) is 5.91 Å². The van der Waals surface area contributed by atoms with E-state index in [1.807, 2.05) is 24.3 Å². The fraction of sp³-hybridized carbons (Fsp3) is 0.333. The first-order valence-electron chi connectivity index (χ1n) is 8.75. The summed E-state index contributed by atoms with van der Waals surface area (Å²) >= 11 is 0. The number of H-pyrrole nitrogens is 2. The van der Waals surface area contributed by atoms with Crippen LogP contribution in [0.2, 0.25) is 0 Å². The Labute approximate surface area is 151 Å². The quantitative estimate of drug-likeness (QED) is 0.655. The Morgan fingerprint density at radius 1 is 1.27 bits per heavy atom. The van der Waals surface area contributed by atoms with E-state index < -0.39 is 0 Å². The number of imidazole rings is 1. The van der Waals surface area contributed by atoms with E-state index in [0.29, 0.717) is 12.0 Å². The minimum atomic E-state index is -0.00537. The van der Waals surface area contributed by atoms with Gasteiger partial charge in [-0.05, 0) is 43.5 Å². The number of fused-ring (bicyclic) bond motifs is 1. The van der Waals surface area contributed by atoms with Crippen molar-refractivity contribution in [2.75, 3.05) is 22.6 Å². The first kappa shape index (κ1) is 16.3. The third-order valence-electron chi connectivity index (χ3n) is 4.76. The van der Waals surface area contributed by atoms with Crippen molar-refractivity contribution in [3.8, 4) is 0 Å². The second-order valence-electron chi connectivity index (χ2n) is 6.57. The molecular weight excluding hydrogens is 330 g/mol. The Morgan fingerprint density at radius 2 is 2.04 bits per heavy atom. The largest absolute Gasteiger partial charge is 0.364 e. The van der Waals surface area contributed by atoms with Crippen LogP contribution in [0.5, 0.6) is 0 Å². The molecule has 1 aliphatic rings. The Bertz CT molecular complexity index is 930. The predicted octanol–water partition coefficient (Wildman–Crippen LogP) is 2.46. The van der Waals surface area contributed by atoms with E-state index in [0.717, 1.165) is 28.4 Å². The first-order chi connectivity index (χ1) is 12.6. The van der Waals surface area contributed by atoms with Crippen LogP contribution >= 0.6 is 0 Å². The number of rotatable bonds is 5. The van der Waals surface area contributed by atoms with Crippen molar-refractivity contribution < 1.29 is 9.78 Å². The van der Waals surface area contributed by atoms with Gasteiger partial charge in [0.25, 0.3) is 0 Å². The lowest BCUT2D eigenvalue weighted by Gasteiger charge is -2.26. The minimum absolute atomic E-state index is 0.00537. The number of nitrogens with zero attached hydrogens (tertiary/aromatic N) is 3. The molecule has 2 aromatic heterocycles. The number of amides is 1. The number of hydrogen-bond acceptors (Lipinski definition) is 5. The second kappa shape index (κ2) is 6.62. The van der Waals surface area contributed by atoms with Crippen molar-refractivity contribution in [1.82, 2.24) is 15.0 Å². The topological polar surface area (TPSA) is 100 Å². The van der Waals surface area contributed by atoms with Crippen LogP contribution < -0.4 is 20.5 Å². The molecule has 3 aromatic rings. The van der Waals surface area contributed by atoms with Crippen LogP contribution in [0.4, 0.5) is 23.1 Å². The van der Waals surface area contributed by atoms with E-state index in [4.69, 9.17) is 0 Å². The molecular formula is C18H22N7O+. The number of carbonyl (C=O) groups is 1. The summed E-state index contributed by atoms with van der Waals surface area (Å²) in [6, 6.07) is 8.06. The van der Waals surface area contributed by atoms with Gasteiger partial charge in [-0.1, -0.05) is 4.98 Å². The van der Waals surface area contributed by atoms with Gasteiger partial charge in [0.1, 0.15) is 0 Å². The molecule has 0 bridgehead atoms. The normalized spacial score (nSPS) is 14.1. The van der Waals surface area contributed by atoms with Gasteiger partial charge in [0.05, 0.1) is 0 Å². The number of nitrogens with one attached hydrogen (secondary N) is 4. The summed E-state index contributed by atoms with van der Waals surface area (Å²) in [5.74, 6) is 1.31. The molecule has 1 aromatic carbocycles. The number of carbonyl (C=O) groups excluding carboxylic acids is 1. The minimum Gasteiger partial charge on any atom is -0.364 e. The zero-order valence-electron chi connectivity index (χ0n) is 14.8.